The van der Waals surface area contributed by atoms with Gasteiger partial charge in [0.05, 0.1) is 26.7 Å². The number of nitrogens with zero attached hydrogens (tertiary/aromatic N) is 4. The van der Waals surface area contributed by atoms with E-state index in [9.17, 15) is 34.6 Å². The number of Topliss-reactive ketones (excluding diaryl/α,β-unsaturated/α-hetero) is 1. The van der Waals surface area contributed by atoms with E-state index < -0.39 is 44.4 Å². The minimum atomic E-state index is -1.11. The van der Waals surface area contributed by atoms with Gasteiger partial charge in [0.2, 0.25) is 0 Å². The smallest absolute Gasteiger partial charge is 0.306 e. The molecule has 32 heavy (non-hydrogen) atoms. The van der Waals surface area contributed by atoms with E-state index >= 15 is 0 Å². The Labute approximate surface area is 181 Å². The van der Waals surface area contributed by atoms with Crippen LogP contribution in [0.25, 0.3) is 0 Å². The molecular weight excluding hydrogens is 420 g/mol. The van der Waals surface area contributed by atoms with E-state index in [1.54, 1.807) is 17.9 Å². The average Bonchev–Trinajstić information content (AvgIpc) is 3.02. The number of carbonyl (C=O) groups is 3. The molecule has 11 nitrogen and oxygen atoms in total. The number of hydrogen-bond acceptors (Lipinski definition) is 8. The maximum atomic E-state index is 13.2. The number of nitro benzene ring substituents is 2. The van der Waals surface area contributed by atoms with Gasteiger partial charge in [0.25, 0.3) is 23.1 Å². The van der Waals surface area contributed by atoms with Crippen LogP contribution >= 0.6 is 0 Å². The molecule has 0 unspecified atom stereocenters. The average molecular weight is 438 g/mol. The van der Waals surface area contributed by atoms with Crippen LogP contribution in [-0.4, -0.2) is 40.5 Å². The molecule has 2 aliphatic heterocycles. The number of amides is 2. The summed E-state index contributed by atoms with van der Waals surface area (Å²) in [6, 6.07) is 6.37. The van der Waals surface area contributed by atoms with Gasteiger partial charge in [0, 0.05) is 25.2 Å². The number of ketones is 1. The molecule has 2 amide bonds. The van der Waals surface area contributed by atoms with E-state index in [-0.39, 0.29) is 16.9 Å². The van der Waals surface area contributed by atoms with Gasteiger partial charge < -0.3 is 4.90 Å². The first-order valence-corrected chi connectivity index (χ1v) is 9.96. The van der Waals surface area contributed by atoms with Crippen molar-refractivity contribution in [2.24, 2.45) is 0 Å². The fraction of sp³-hybridized carbons (Fsp3) is 0.286. The third kappa shape index (κ3) is 3.37. The highest BCUT2D eigenvalue weighted by atomic mass is 16.6. The van der Waals surface area contributed by atoms with E-state index in [0.717, 1.165) is 31.4 Å². The van der Waals surface area contributed by atoms with Gasteiger partial charge in [-0.25, -0.2) is 4.90 Å². The molecule has 11 heteroatoms. The minimum Gasteiger partial charge on any atom is -0.360 e. The van der Waals surface area contributed by atoms with E-state index in [1.807, 2.05) is 0 Å². The van der Waals surface area contributed by atoms with Crippen LogP contribution in [0, 0.1) is 27.2 Å². The third-order valence-electron chi connectivity index (χ3n) is 5.62. The van der Waals surface area contributed by atoms with E-state index in [4.69, 9.17) is 0 Å². The summed E-state index contributed by atoms with van der Waals surface area (Å²) in [4.78, 5) is 62.3. The Kier molecular flexibility index (Phi) is 5.17. The van der Waals surface area contributed by atoms with Crippen molar-refractivity contribution in [3.8, 4) is 0 Å². The summed E-state index contributed by atoms with van der Waals surface area (Å²) in [7, 11) is 0. The highest BCUT2D eigenvalue weighted by molar-refractivity contribution is 6.57. The summed E-state index contributed by atoms with van der Waals surface area (Å²) in [5, 5.41) is 23.6. The molecule has 4 rings (SSSR count). The zero-order valence-corrected chi connectivity index (χ0v) is 17.1. The van der Waals surface area contributed by atoms with E-state index in [0.29, 0.717) is 23.6 Å². The maximum Gasteiger partial charge on any atom is 0.306 e. The van der Waals surface area contributed by atoms with Crippen LogP contribution in [0.15, 0.2) is 30.3 Å². The number of carbonyl (C=O) groups excluding carboxylic acids is 3. The normalized spacial score (nSPS) is 15.7. The lowest BCUT2D eigenvalue weighted by atomic mass is 10.1. The molecule has 2 heterocycles. The van der Waals surface area contributed by atoms with E-state index in [2.05, 4.69) is 0 Å². The SMILES string of the molecule is Cc1ccc2c(c1)C(=O)C(=O)N2C(=O)c1cc([N+](=O)[O-])c(N2CCCCC2)c([N+](=O)[O-])c1. The maximum absolute atomic E-state index is 13.2. The van der Waals surface area contributed by atoms with Crippen LogP contribution in [0.5, 0.6) is 0 Å². The Hall–Kier alpha value is -4.15. The predicted molar refractivity (Wildman–Crippen MR) is 113 cm³/mol. The Balaban J connectivity index is 1.85. The Morgan fingerprint density at radius 2 is 1.53 bits per heavy atom. The lowest BCUT2D eigenvalue weighted by Gasteiger charge is -2.28. The number of anilines is 2. The molecule has 1 fully saturated rings. The molecule has 0 aliphatic carbocycles. The fourth-order valence-electron chi connectivity index (χ4n) is 4.13. The quantitative estimate of drug-likeness (QED) is 0.306. The summed E-state index contributed by atoms with van der Waals surface area (Å²) in [5.41, 5.74) is -0.970. The molecule has 164 valence electrons. The zero-order chi connectivity index (χ0) is 23.2. The second kappa shape index (κ2) is 7.84. The number of rotatable bonds is 4. The van der Waals surface area contributed by atoms with Crippen LogP contribution in [0.3, 0.4) is 0 Å². The Morgan fingerprint density at radius 3 is 2.09 bits per heavy atom. The first kappa shape index (κ1) is 21.1. The Bertz CT molecular complexity index is 1170. The summed E-state index contributed by atoms with van der Waals surface area (Å²) in [5.74, 6) is -3.03. The zero-order valence-electron chi connectivity index (χ0n) is 17.1. The van der Waals surface area contributed by atoms with Gasteiger partial charge in [-0.05, 0) is 38.3 Å². The minimum absolute atomic E-state index is 0.0392. The standard InChI is InChI=1S/C21H18N4O7/c1-12-5-6-15-14(9-12)19(26)21(28)23(15)20(27)13-10-16(24(29)30)18(17(11-13)25(31)32)22-7-3-2-4-8-22/h5-6,9-11H,2-4,7-8H2,1H3. The van der Waals surface area contributed by atoms with Gasteiger partial charge in [-0.3, -0.25) is 34.6 Å². The van der Waals surface area contributed by atoms with Crippen molar-refractivity contribution in [1.29, 1.82) is 0 Å². The topological polar surface area (TPSA) is 144 Å². The number of imide groups is 1. The number of benzene rings is 2. The number of fused-ring (bicyclic) bond motifs is 1. The van der Waals surface area contributed by atoms with Gasteiger partial charge in [0.15, 0.2) is 5.69 Å². The summed E-state index contributed by atoms with van der Waals surface area (Å²) in [6.07, 6.45) is 2.38. The largest absolute Gasteiger partial charge is 0.360 e. The number of aryl methyl sites for hydroxylation is 1. The van der Waals surface area contributed by atoms with Gasteiger partial charge in [-0.15, -0.1) is 0 Å². The van der Waals surface area contributed by atoms with Gasteiger partial charge in [-0.2, -0.15) is 0 Å². The van der Waals surface area contributed by atoms with Crippen molar-refractivity contribution >= 4 is 40.3 Å². The van der Waals surface area contributed by atoms with Crippen molar-refractivity contribution in [2.75, 3.05) is 22.9 Å². The van der Waals surface area contributed by atoms with E-state index in [1.165, 1.54) is 12.1 Å². The highest BCUT2D eigenvalue weighted by Crippen LogP contribution is 2.41. The molecule has 1 saturated heterocycles. The van der Waals surface area contributed by atoms with Crippen molar-refractivity contribution < 1.29 is 24.2 Å². The summed E-state index contributed by atoms with van der Waals surface area (Å²) in [6.45, 7) is 2.55. The molecule has 0 radical (unpaired) electrons. The van der Waals surface area contributed by atoms with Gasteiger partial charge in [0.1, 0.15) is 0 Å². The first-order chi connectivity index (χ1) is 15.2. The molecule has 0 aromatic heterocycles. The summed E-state index contributed by atoms with van der Waals surface area (Å²) < 4.78 is 0. The molecule has 0 saturated carbocycles. The molecule has 2 aromatic rings. The van der Waals surface area contributed by atoms with Gasteiger partial charge in [-0.1, -0.05) is 11.6 Å². The lowest BCUT2D eigenvalue weighted by Crippen LogP contribution is -2.36. The summed E-state index contributed by atoms with van der Waals surface area (Å²) >= 11 is 0. The second-order valence-corrected chi connectivity index (χ2v) is 7.72. The predicted octanol–water partition coefficient (Wildman–Crippen LogP) is 3.17. The first-order valence-electron chi connectivity index (χ1n) is 9.96. The van der Waals surface area contributed by atoms with Crippen LogP contribution in [0.2, 0.25) is 0 Å². The van der Waals surface area contributed by atoms with Crippen LogP contribution < -0.4 is 9.80 Å². The third-order valence-corrected chi connectivity index (χ3v) is 5.62. The molecule has 2 aliphatic rings. The fourth-order valence-corrected chi connectivity index (χ4v) is 4.13. The molecular formula is C21H18N4O7. The monoisotopic (exact) mass is 438 g/mol. The van der Waals surface area contributed by atoms with Crippen LogP contribution in [-0.2, 0) is 4.79 Å². The van der Waals surface area contributed by atoms with Crippen LogP contribution in [0.1, 0.15) is 45.5 Å². The van der Waals surface area contributed by atoms with Crippen molar-refractivity contribution in [3.05, 3.63) is 67.3 Å². The van der Waals surface area contributed by atoms with Crippen molar-refractivity contribution in [1.82, 2.24) is 0 Å². The highest BCUT2D eigenvalue weighted by Gasteiger charge is 2.42. The Morgan fingerprint density at radius 1 is 0.938 bits per heavy atom. The van der Waals surface area contributed by atoms with Crippen LogP contribution in [0.4, 0.5) is 22.7 Å². The molecule has 2 aromatic carbocycles. The van der Waals surface area contributed by atoms with Gasteiger partial charge >= 0.3 is 5.91 Å². The van der Waals surface area contributed by atoms with Crippen molar-refractivity contribution in [3.63, 3.8) is 0 Å². The number of nitro groups is 2. The number of hydrogen-bond donors (Lipinski definition) is 0. The molecule has 0 spiro atoms. The molecule has 0 bridgehead atoms. The number of piperidine rings is 1. The molecule has 0 atom stereocenters. The molecule has 0 N–H and O–H groups in total. The second-order valence-electron chi connectivity index (χ2n) is 7.72. The van der Waals surface area contributed by atoms with Crippen molar-refractivity contribution in [2.45, 2.75) is 26.2 Å². The lowest BCUT2D eigenvalue weighted by molar-refractivity contribution is -0.392.